The molecule has 19 heavy (non-hydrogen) atoms. The average molecular weight is 276 g/mol. The molecule has 0 heterocycles. The maximum atomic E-state index is 13.5. The number of hydrogen-bond donors (Lipinski definition) is 2. The van der Waals surface area contributed by atoms with E-state index in [4.69, 9.17) is 5.84 Å². The van der Waals surface area contributed by atoms with Crippen molar-refractivity contribution in [2.24, 2.45) is 5.84 Å². The van der Waals surface area contributed by atoms with E-state index in [0.29, 0.717) is 10.6 Å². The Morgan fingerprint density at radius 1 is 1.16 bits per heavy atom. The molecule has 0 spiro atoms. The lowest BCUT2D eigenvalue weighted by molar-refractivity contribution is 0.596. The van der Waals surface area contributed by atoms with Crippen molar-refractivity contribution in [2.75, 3.05) is 5.75 Å². The fraction of sp³-hybridized carbons (Fsp3) is 0.200. The summed E-state index contributed by atoms with van der Waals surface area (Å²) in [7, 11) is 0. The lowest BCUT2D eigenvalue weighted by atomic mass is 10.1. The third-order valence-electron chi connectivity index (χ3n) is 2.92. The highest BCUT2D eigenvalue weighted by Gasteiger charge is 2.11. The summed E-state index contributed by atoms with van der Waals surface area (Å²) in [5.41, 5.74) is 5.10. The molecule has 0 fully saturated rings. The van der Waals surface area contributed by atoms with Gasteiger partial charge in [-0.25, -0.2) is 4.39 Å². The second-order valence-electron chi connectivity index (χ2n) is 4.37. The number of halogens is 1. The molecule has 0 amide bonds. The van der Waals surface area contributed by atoms with Crippen molar-refractivity contribution in [3.8, 4) is 0 Å². The van der Waals surface area contributed by atoms with Crippen molar-refractivity contribution >= 4 is 11.8 Å². The molecule has 1 atom stereocenters. The van der Waals surface area contributed by atoms with Crippen LogP contribution < -0.4 is 11.3 Å². The van der Waals surface area contributed by atoms with Crippen LogP contribution in [0, 0.1) is 12.7 Å². The van der Waals surface area contributed by atoms with Crippen LogP contribution in [0.4, 0.5) is 4.39 Å². The predicted molar refractivity (Wildman–Crippen MR) is 78.4 cm³/mol. The van der Waals surface area contributed by atoms with Crippen LogP contribution in [0.3, 0.4) is 0 Å². The highest BCUT2D eigenvalue weighted by molar-refractivity contribution is 7.99. The molecule has 0 bridgehead atoms. The molecular weight excluding hydrogens is 259 g/mol. The van der Waals surface area contributed by atoms with Crippen LogP contribution in [0.25, 0.3) is 0 Å². The summed E-state index contributed by atoms with van der Waals surface area (Å²) in [6.07, 6.45) is 0. The Hall–Kier alpha value is -1.36. The van der Waals surface area contributed by atoms with Gasteiger partial charge in [-0.15, -0.1) is 11.8 Å². The largest absolute Gasteiger partial charge is 0.271 e. The van der Waals surface area contributed by atoms with E-state index in [9.17, 15) is 4.39 Å². The number of nitrogens with two attached hydrogens (primary N) is 1. The zero-order chi connectivity index (χ0) is 13.7. The number of benzene rings is 2. The van der Waals surface area contributed by atoms with Crippen molar-refractivity contribution in [3.63, 3.8) is 0 Å². The summed E-state index contributed by atoms with van der Waals surface area (Å²) in [5, 5.41) is 0. The van der Waals surface area contributed by atoms with E-state index >= 15 is 0 Å². The summed E-state index contributed by atoms with van der Waals surface area (Å²) in [5.74, 6) is 6.08. The fourth-order valence-corrected chi connectivity index (χ4v) is 2.79. The normalized spacial score (nSPS) is 12.4. The Bertz CT molecular complexity index is 528. The van der Waals surface area contributed by atoms with E-state index in [1.165, 1.54) is 23.4 Å². The summed E-state index contributed by atoms with van der Waals surface area (Å²) in [6.45, 7) is 2.04. The van der Waals surface area contributed by atoms with Crippen LogP contribution in [0.15, 0.2) is 53.4 Å². The zero-order valence-corrected chi connectivity index (χ0v) is 11.6. The average Bonchev–Trinajstić information content (AvgIpc) is 2.43. The fourth-order valence-electron chi connectivity index (χ4n) is 1.77. The number of hydrogen-bond acceptors (Lipinski definition) is 3. The van der Waals surface area contributed by atoms with E-state index in [1.807, 2.05) is 37.3 Å². The van der Waals surface area contributed by atoms with E-state index in [0.717, 1.165) is 5.56 Å². The van der Waals surface area contributed by atoms with Crippen molar-refractivity contribution in [3.05, 3.63) is 65.5 Å². The molecule has 2 nitrogen and oxygen atoms in total. The van der Waals surface area contributed by atoms with Crippen LogP contribution in [-0.2, 0) is 0 Å². The van der Waals surface area contributed by atoms with Gasteiger partial charge in [-0.1, -0.05) is 42.0 Å². The van der Waals surface area contributed by atoms with Crippen molar-refractivity contribution in [2.45, 2.75) is 17.9 Å². The van der Waals surface area contributed by atoms with Gasteiger partial charge < -0.3 is 0 Å². The standard InChI is InChI=1S/C15H17FN2S/c1-11-6-8-12(9-7-11)14(18-17)10-19-15-5-3-2-4-13(15)16/h2-9,14,18H,10,17H2,1H3. The molecule has 4 heteroatoms. The molecule has 0 saturated heterocycles. The van der Waals surface area contributed by atoms with Gasteiger partial charge in [0.15, 0.2) is 0 Å². The van der Waals surface area contributed by atoms with Crippen LogP contribution in [0.2, 0.25) is 0 Å². The van der Waals surface area contributed by atoms with Crippen molar-refractivity contribution in [1.82, 2.24) is 5.43 Å². The van der Waals surface area contributed by atoms with Crippen LogP contribution in [-0.4, -0.2) is 5.75 Å². The van der Waals surface area contributed by atoms with E-state index < -0.39 is 0 Å². The highest BCUT2D eigenvalue weighted by atomic mass is 32.2. The van der Waals surface area contributed by atoms with Gasteiger partial charge in [0.2, 0.25) is 0 Å². The van der Waals surface area contributed by atoms with Gasteiger partial charge in [0.05, 0.1) is 6.04 Å². The van der Waals surface area contributed by atoms with Gasteiger partial charge in [-0.3, -0.25) is 11.3 Å². The van der Waals surface area contributed by atoms with Crippen LogP contribution >= 0.6 is 11.8 Å². The third-order valence-corrected chi connectivity index (χ3v) is 4.07. The summed E-state index contributed by atoms with van der Waals surface area (Å²) >= 11 is 1.46. The first-order valence-electron chi connectivity index (χ1n) is 6.10. The van der Waals surface area contributed by atoms with E-state index in [-0.39, 0.29) is 11.9 Å². The second kappa shape index (κ2) is 6.70. The second-order valence-corrected chi connectivity index (χ2v) is 5.43. The van der Waals surface area contributed by atoms with Gasteiger partial charge >= 0.3 is 0 Å². The lowest BCUT2D eigenvalue weighted by Crippen LogP contribution is -2.29. The first-order chi connectivity index (χ1) is 9.20. The van der Waals surface area contributed by atoms with Crippen LogP contribution in [0.1, 0.15) is 17.2 Å². The van der Waals surface area contributed by atoms with Gasteiger partial charge in [-0.05, 0) is 24.6 Å². The molecule has 0 aliphatic rings. The highest BCUT2D eigenvalue weighted by Crippen LogP contribution is 2.26. The minimum Gasteiger partial charge on any atom is -0.271 e. The molecule has 0 aliphatic carbocycles. The maximum Gasteiger partial charge on any atom is 0.136 e. The minimum absolute atomic E-state index is 0.00482. The molecule has 0 aliphatic heterocycles. The molecule has 3 N–H and O–H groups in total. The molecular formula is C15H17FN2S. The molecule has 2 aromatic rings. The van der Waals surface area contributed by atoms with Gasteiger partial charge in [0.1, 0.15) is 5.82 Å². The Morgan fingerprint density at radius 3 is 2.47 bits per heavy atom. The lowest BCUT2D eigenvalue weighted by Gasteiger charge is -2.16. The minimum atomic E-state index is -0.188. The van der Waals surface area contributed by atoms with Crippen LogP contribution in [0.5, 0.6) is 0 Å². The molecule has 1 unspecified atom stereocenters. The van der Waals surface area contributed by atoms with Crippen molar-refractivity contribution in [1.29, 1.82) is 0 Å². The molecule has 2 aromatic carbocycles. The SMILES string of the molecule is Cc1ccc(C(CSc2ccccc2F)NN)cc1. The van der Waals surface area contributed by atoms with Crippen molar-refractivity contribution < 1.29 is 4.39 Å². The Balaban J connectivity index is 2.04. The summed E-state index contributed by atoms with van der Waals surface area (Å²) in [6, 6.07) is 15.0. The number of thioether (sulfide) groups is 1. The first-order valence-corrected chi connectivity index (χ1v) is 7.09. The number of aryl methyl sites for hydroxylation is 1. The maximum absolute atomic E-state index is 13.5. The van der Waals surface area contributed by atoms with E-state index in [1.54, 1.807) is 12.1 Å². The van der Waals surface area contributed by atoms with E-state index in [2.05, 4.69) is 5.43 Å². The Kier molecular flexibility index (Phi) is 4.96. The topological polar surface area (TPSA) is 38.0 Å². The monoisotopic (exact) mass is 276 g/mol. The quantitative estimate of drug-likeness (QED) is 0.499. The van der Waals surface area contributed by atoms with Gasteiger partial charge in [0, 0.05) is 10.6 Å². The molecule has 2 rings (SSSR count). The molecule has 0 radical (unpaired) electrons. The third kappa shape index (κ3) is 3.80. The zero-order valence-electron chi connectivity index (χ0n) is 10.8. The summed E-state index contributed by atoms with van der Waals surface area (Å²) in [4.78, 5) is 0.648. The Labute approximate surface area is 117 Å². The number of nitrogens with one attached hydrogen (secondary N) is 1. The first kappa shape index (κ1) is 14.1. The summed E-state index contributed by atoms with van der Waals surface area (Å²) < 4.78 is 13.5. The molecule has 0 aromatic heterocycles. The van der Waals surface area contributed by atoms with Gasteiger partial charge in [-0.2, -0.15) is 0 Å². The molecule has 0 saturated carbocycles. The number of rotatable bonds is 5. The molecule has 100 valence electrons. The predicted octanol–water partition coefficient (Wildman–Crippen LogP) is 3.43. The Morgan fingerprint density at radius 2 is 1.84 bits per heavy atom. The van der Waals surface area contributed by atoms with Gasteiger partial charge in [0.25, 0.3) is 0 Å². The smallest absolute Gasteiger partial charge is 0.136 e. The number of hydrazine groups is 1.